The fourth-order valence-corrected chi connectivity index (χ4v) is 2.43. The van der Waals surface area contributed by atoms with Crippen LogP contribution in [0.25, 0.3) is 0 Å². The third kappa shape index (κ3) is 1.85. The predicted molar refractivity (Wildman–Crippen MR) is 69.5 cm³/mol. The Bertz CT molecular complexity index is 542. The lowest BCUT2D eigenvalue weighted by molar-refractivity contribution is -0.143. The second-order valence-corrected chi connectivity index (χ2v) is 5.55. The van der Waals surface area contributed by atoms with Gasteiger partial charge >= 0.3 is 5.97 Å². The molecule has 2 aliphatic carbocycles. The Kier molecular flexibility index (Phi) is 2.36. The van der Waals surface area contributed by atoms with Gasteiger partial charge in [-0.05, 0) is 43.4 Å². The highest BCUT2D eigenvalue weighted by Gasteiger charge is 2.58. The fourth-order valence-electron chi connectivity index (χ4n) is 2.43. The van der Waals surface area contributed by atoms with Crippen LogP contribution in [0.3, 0.4) is 0 Å². The number of nitrogen functional groups attached to an aromatic ring is 1. The van der Waals surface area contributed by atoms with Crippen LogP contribution >= 0.6 is 0 Å². The largest absolute Gasteiger partial charge is 0.480 e. The Morgan fingerprint density at radius 3 is 2.11 bits per heavy atom. The number of hydrogen-bond donors (Lipinski definition) is 3. The molecule has 3 rings (SSSR count). The van der Waals surface area contributed by atoms with Gasteiger partial charge in [0.25, 0.3) is 0 Å². The van der Waals surface area contributed by atoms with E-state index in [1.54, 1.807) is 12.1 Å². The number of carbonyl (C=O) groups excluding carboxylic acids is 1. The lowest BCUT2D eigenvalue weighted by Crippen LogP contribution is -2.47. The van der Waals surface area contributed by atoms with Crippen LogP contribution in [0.15, 0.2) is 24.3 Å². The number of carbonyl (C=O) groups is 2. The highest BCUT2D eigenvalue weighted by atomic mass is 16.4. The molecule has 4 N–H and O–H groups in total. The van der Waals surface area contributed by atoms with Crippen LogP contribution in [-0.4, -0.2) is 22.5 Å². The molecule has 0 saturated heterocycles. The van der Waals surface area contributed by atoms with Gasteiger partial charge in [0.15, 0.2) is 0 Å². The average Bonchev–Trinajstić information content (AvgIpc) is 3.24. The third-order valence-electron chi connectivity index (χ3n) is 4.16. The summed E-state index contributed by atoms with van der Waals surface area (Å²) in [6.07, 6.45) is 2.56. The van der Waals surface area contributed by atoms with Crippen molar-refractivity contribution in [2.45, 2.75) is 36.6 Å². The number of anilines is 1. The van der Waals surface area contributed by atoms with Gasteiger partial charge in [-0.2, -0.15) is 0 Å². The Hall–Kier alpha value is -2.04. The van der Waals surface area contributed by atoms with Crippen molar-refractivity contribution >= 4 is 17.6 Å². The molecule has 5 nitrogen and oxygen atoms in total. The number of carboxylic acids is 1. The van der Waals surface area contributed by atoms with Crippen LogP contribution in [0.5, 0.6) is 0 Å². The zero-order valence-corrected chi connectivity index (χ0v) is 10.5. The van der Waals surface area contributed by atoms with Gasteiger partial charge in [-0.3, -0.25) is 4.79 Å². The van der Waals surface area contributed by atoms with E-state index in [1.807, 2.05) is 12.1 Å². The van der Waals surface area contributed by atoms with Crippen molar-refractivity contribution in [1.29, 1.82) is 0 Å². The molecular weight excluding hydrogens is 244 g/mol. The lowest BCUT2D eigenvalue weighted by atomic mass is 9.94. The molecule has 0 bridgehead atoms. The van der Waals surface area contributed by atoms with Crippen molar-refractivity contribution < 1.29 is 14.7 Å². The quantitative estimate of drug-likeness (QED) is 0.705. The summed E-state index contributed by atoms with van der Waals surface area (Å²) >= 11 is 0. The van der Waals surface area contributed by atoms with Crippen LogP contribution in [0, 0.1) is 0 Å². The SMILES string of the molecule is Nc1ccc(C2(C(=O)NC3(C(=O)O)CC3)CC2)cc1. The average molecular weight is 260 g/mol. The van der Waals surface area contributed by atoms with E-state index in [4.69, 9.17) is 10.8 Å². The second kappa shape index (κ2) is 3.73. The standard InChI is InChI=1S/C14H16N2O3/c15-10-3-1-9(2-4-10)13(5-6-13)11(17)16-14(7-8-14)12(18)19/h1-4H,5-8,15H2,(H,16,17)(H,18,19). The summed E-state index contributed by atoms with van der Waals surface area (Å²) in [6.45, 7) is 0. The Labute approximate surface area is 110 Å². The van der Waals surface area contributed by atoms with Gasteiger partial charge < -0.3 is 16.2 Å². The van der Waals surface area contributed by atoms with Crippen molar-refractivity contribution in [3.8, 4) is 0 Å². The van der Waals surface area contributed by atoms with E-state index in [9.17, 15) is 9.59 Å². The number of aliphatic carboxylic acids is 1. The predicted octanol–water partition coefficient (Wildman–Crippen LogP) is 1.03. The number of benzene rings is 1. The summed E-state index contributed by atoms with van der Waals surface area (Å²) in [5.74, 6) is -1.11. The molecule has 19 heavy (non-hydrogen) atoms. The molecule has 0 aromatic heterocycles. The minimum absolute atomic E-state index is 0.169. The molecule has 1 aromatic rings. The van der Waals surface area contributed by atoms with E-state index in [0.29, 0.717) is 18.5 Å². The summed E-state index contributed by atoms with van der Waals surface area (Å²) in [5, 5.41) is 11.8. The molecule has 100 valence electrons. The second-order valence-electron chi connectivity index (χ2n) is 5.55. The van der Waals surface area contributed by atoms with E-state index in [2.05, 4.69) is 5.32 Å². The first-order valence-electron chi connectivity index (χ1n) is 6.41. The first-order chi connectivity index (χ1) is 8.98. The minimum Gasteiger partial charge on any atom is -0.480 e. The number of nitrogens with two attached hydrogens (primary N) is 1. The first kappa shape index (κ1) is 12.0. The van der Waals surface area contributed by atoms with Crippen molar-refractivity contribution in [1.82, 2.24) is 5.32 Å². The number of rotatable bonds is 4. The van der Waals surface area contributed by atoms with E-state index in [-0.39, 0.29) is 5.91 Å². The highest BCUT2D eigenvalue weighted by Crippen LogP contribution is 2.50. The molecule has 1 amide bonds. The maximum absolute atomic E-state index is 12.4. The summed E-state index contributed by atoms with van der Waals surface area (Å²) in [5.41, 5.74) is 5.66. The van der Waals surface area contributed by atoms with Crippen molar-refractivity contribution in [3.05, 3.63) is 29.8 Å². The van der Waals surface area contributed by atoms with Crippen LogP contribution < -0.4 is 11.1 Å². The van der Waals surface area contributed by atoms with E-state index in [1.165, 1.54) is 0 Å². The summed E-state index contributed by atoms with van der Waals surface area (Å²) < 4.78 is 0. The third-order valence-corrected chi connectivity index (χ3v) is 4.16. The van der Waals surface area contributed by atoms with Crippen LogP contribution in [-0.2, 0) is 15.0 Å². The van der Waals surface area contributed by atoms with Gasteiger partial charge in [-0.15, -0.1) is 0 Å². The molecule has 0 unspecified atom stereocenters. The number of amides is 1. The Balaban J connectivity index is 1.80. The molecule has 0 heterocycles. The monoisotopic (exact) mass is 260 g/mol. The zero-order valence-electron chi connectivity index (χ0n) is 10.5. The van der Waals surface area contributed by atoms with Crippen molar-refractivity contribution in [2.75, 3.05) is 5.73 Å². The molecule has 0 radical (unpaired) electrons. The van der Waals surface area contributed by atoms with Crippen LogP contribution in [0.1, 0.15) is 31.2 Å². The molecule has 1 aromatic carbocycles. The fraction of sp³-hybridized carbons (Fsp3) is 0.429. The molecule has 0 aliphatic heterocycles. The van der Waals surface area contributed by atoms with Crippen LogP contribution in [0.2, 0.25) is 0 Å². The van der Waals surface area contributed by atoms with Gasteiger partial charge in [0.1, 0.15) is 5.54 Å². The maximum Gasteiger partial charge on any atom is 0.329 e. The summed E-state index contributed by atoms with van der Waals surface area (Å²) in [7, 11) is 0. The smallest absolute Gasteiger partial charge is 0.329 e. The molecule has 2 aliphatic rings. The first-order valence-corrected chi connectivity index (χ1v) is 6.41. The van der Waals surface area contributed by atoms with Gasteiger partial charge in [0.2, 0.25) is 5.91 Å². The topological polar surface area (TPSA) is 92.4 Å². The zero-order chi connectivity index (χ0) is 13.7. The molecule has 0 atom stereocenters. The number of nitrogens with one attached hydrogen (secondary N) is 1. The van der Waals surface area contributed by atoms with Gasteiger partial charge in [0.05, 0.1) is 5.41 Å². The number of hydrogen-bond acceptors (Lipinski definition) is 3. The minimum atomic E-state index is -1.01. The van der Waals surface area contributed by atoms with Gasteiger partial charge in [-0.25, -0.2) is 4.79 Å². The maximum atomic E-state index is 12.4. The number of carboxylic acid groups (broad SMARTS) is 1. The summed E-state index contributed by atoms with van der Waals surface area (Å²) in [4.78, 5) is 23.5. The molecule has 2 saturated carbocycles. The van der Waals surface area contributed by atoms with Crippen molar-refractivity contribution in [2.24, 2.45) is 0 Å². The molecule has 2 fully saturated rings. The normalized spacial score (nSPS) is 21.5. The van der Waals surface area contributed by atoms with Crippen molar-refractivity contribution in [3.63, 3.8) is 0 Å². The Morgan fingerprint density at radius 2 is 1.68 bits per heavy atom. The Morgan fingerprint density at radius 1 is 1.11 bits per heavy atom. The highest BCUT2D eigenvalue weighted by molar-refractivity contribution is 5.96. The molecule has 5 heteroatoms. The van der Waals surface area contributed by atoms with E-state index >= 15 is 0 Å². The van der Waals surface area contributed by atoms with Gasteiger partial charge in [0, 0.05) is 5.69 Å². The van der Waals surface area contributed by atoms with E-state index < -0.39 is 16.9 Å². The molecule has 0 spiro atoms. The lowest BCUT2D eigenvalue weighted by Gasteiger charge is -2.19. The van der Waals surface area contributed by atoms with E-state index in [0.717, 1.165) is 18.4 Å². The molecular formula is C14H16N2O3. The van der Waals surface area contributed by atoms with Crippen LogP contribution in [0.4, 0.5) is 5.69 Å². The van der Waals surface area contributed by atoms with Gasteiger partial charge in [-0.1, -0.05) is 12.1 Å². The summed E-state index contributed by atoms with van der Waals surface area (Å²) in [6, 6.07) is 7.24.